The Morgan fingerprint density at radius 3 is 2.48 bits per heavy atom. The minimum absolute atomic E-state index is 0.284. The fraction of sp³-hybridized carbons (Fsp3) is 0.524. The molecule has 8 nitrogen and oxygen atoms in total. The van der Waals surface area contributed by atoms with Crippen LogP contribution in [0, 0.1) is 6.92 Å². The summed E-state index contributed by atoms with van der Waals surface area (Å²) in [7, 11) is 3.42. The van der Waals surface area contributed by atoms with Crippen LogP contribution in [0.15, 0.2) is 33.9 Å². The highest BCUT2D eigenvalue weighted by Crippen LogP contribution is 2.21. The number of benzene rings is 1. The zero-order chi connectivity index (χ0) is 21.0. The van der Waals surface area contributed by atoms with E-state index in [2.05, 4.69) is 22.4 Å². The van der Waals surface area contributed by atoms with Crippen molar-refractivity contribution in [2.45, 2.75) is 45.1 Å². The minimum atomic E-state index is -0.698. The second-order valence-electron chi connectivity index (χ2n) is 7.77. The summed E-state index contributed by atoms with van der Waals surface area (Å²) in [5.74, 6) is -0.566. The lowest BCUT2D eigenvalue weighted by molar-refractivity contribution is 0.0935. The summed E-state index contributed by atoms with van der Waals surface area (Å²) in [5, 5.41) is 6.84. The molecule has 3 rings (SSSR count). The van der Waals surface area contributed by atoms with Crippen molar-refractivity contribution in [2.75, 3.05) is 20.1 Å². The number of carbonyl (C=O) groups is 1. The molecule has 2 aromatic rings. The van der Waals surface area contributed by atoms with Gasteiger partial charge in [-0.15, -0.1) is 0 Å². The Balaban J connectivity index is 1.73. The van der Waals surface area contributed by atoms with E-state index in [0.717, 1.165) is 14.8 Å². The molecule has 0 saturated heterocycles. The average molecular weight is 399 g/mol. The van der Waals surface area contributed by atoms with Crippen LogP contribution in [-0.4, -0.2) is 51.3 Å². The third kappa shape index (κ3) is 4.82. The fourth-order valence-corrected chi connectivity index (χ4v) is 3.70. The van der Waals surface area contributed by atoms with Gasteiger partial charge in [-0.25, -0.2) is 4.79 Å². The lowest BCUT2D eigenvalue weighted by Crippen LogP contribution is -2.45. The molecule has 0 radical (unpaired) electrons. The van der Waals surface area contributed by atoms with Crippen molar-refractivity contribution in [1.29, 1.82) is 0 Å². The van der Waals surface area contributed by atoms with Crippen molar-refractivity contribution in [1.82, 2.24) is 24.6 Å². The first-order valence-corrected chi connectivity index (χ1v) is 10.1. The minimum Gasteiger partial charge on any atom is -0.349 e. The van der Waals surface area contributed by atoms with Crippen molar-refractivity contribution in [3.8, 4) is 5.69 Å². The normalized spacial score (nSPS) is 14.9. The van der Waals surface area contributed by atoms with Crippen LogP contribution in [0.1, 0.15) is 48.2 Å². The quantitative estimate of drug-likeness (QED) is 0.789. The third-order valence-corrected chi connectivity index (χ3v) is 5.62. The summed E-state index contributed by atoms with van der Waals surface area (Å²) in [6.07, 6.45) is 6.18. The van der Waals surface area contributed by atoms with Crippen LogP contribution in [0.4, 0.5) is 0 Å². The first-order valence-electron chi connectivity index (χ1n) is 10.1. The lowest BCUT2D eigenvalue weighted by Gasteiger charge is -2.31. The van der Waals surface area contributed by atoms with Gasteiger partial charge in [-0.3, -0.25) is 14.2 Å². The molecular formula is C21H29N5O3. The maximum atomic E-state index is 12.6. The molecule has 1 saturated carbocycles. The first kappa shape index (κ1) is 21.0. The summed E-state index contributed by atoms with van der Waals surface area (Å²) >= 11 is 0. The molecule has 8 heteroatoms. The average Bonchev–Trinajstić information content (AvgIpc) is 2.73. The monoisotopic (exact) mass is 399 g/mol. The van der Waals surface area contributed by atoms with E-state index in [1.54, 1.807) is 12.1 Å². The van der Waals surface area contributed by atoms with Gasteiger partial charge in [0.1, 0.15) is 0 Å². The van der Waals surface area contributed by atoms with Crippen LogP contribution in [0.2, 0.25) is 0 Å². The van der Waals surface area contributed by atoms with Gasteiger partial charge in [-0.1, -0.05) is 37.0 Å². The van der Waals surface area contributed by atoms with Crippen LogP contribution < -0.4 is 16.6 Å². The fourth-order valence-electron chi connectivity index (χ4n) is 3.70. The van der Waals surface area contributed by atoms with Crippen molar-refractivity contribution in [3.63, 3.8) is 0 Å². The van der Waals surface area contributed by atoms with Crippen molar-refractivity contribution in [3.05, 3.63) is 56.4 Å². The van der Waals surface area contributed by atoms with Gasteiger partial charge in [0.05, 0.1) is 5.69 Å². The Hall–Kier alpha value is -2.74. The van der Waals surface area contributed by atoms with Crippen LogP contribution in [-0.2, 0) is 7.05 Å². The summed E-state index contributed by atoms with van der Waals surface area (Å²) in [4.78, 5) is 39.7. The molecule has 1 fully saturated rings. The zero-order valence-electron chi connectivity index (χ0n) is 17.4. The standard InChI is InChI=1S/C21H29N5O3/c1-15-9-11-17(12-10-15)26-21(29)25(3)20(28)18(23-26)19(27)22-13-14-24(2)16-7-5-4-6-8-16/h9-12,16H,4-8,13-14H2,1-3H3,(H,22,27). The van der Waals surface area contributed by atoms with Crippen LogP contribution in [0.25, 0.3) is 5.69 Å². The van der Waals surface area contributed by atoms with E-state index in [-0.39, 0.29) is 5.69 Å². The van der Waals surface area contributed by atoms with E-state index in [0.29, 0.717) is 24.8 Å². The summed E-state index contributed by atoms with van der Waals surface area (Å²) in [6.45, 7) is 3.05. The molecule has 1 amide bonds. The number of rotatable bonds is 6. The molecule has 1 heterocycles. The van der Waals surface area contributed by atoms with Gasteiger partial charge < -0.3 is 10.2 Å². The van der Waals surface area contributed by atoms with Crippen LogP contribution >= 0.6 is 0 Å². The molecule has 1 aliphatic carbocycles. The molecule has 29 heavy (non-hydrogen) atoms. The number of aryl methyl sites for hydroxylation is 1. The smallest absolute Gasteiger partial charge is 0.349 e. The molecule has 1 aliphatic rings. The molecule has 0 atom stereocenters. The van der Waals surface area contributed by atoms with E-state index in [1.807, 2.05) is 19.1 Å². The van der Waals surface area contributed by atoms with Gasteiger partial charge in [-0.05, 0) is 38.9 Å². The number of nitrogens with zero attached hydrogens (tertiary/aromatic N) is 4. The van der Waals surface area contributed by atoms with E-state index < -0.39 is 17.2 Å². The highest BCUT2D eigenvalue weighted by atomic mass is 16.2. The van der Waals surface area contributed by atoms with Gasteiger partial charge in [0.15, 0.2) is 0 Å². The number of carbonyl (C=O) groups excluding carboxylic acids is 1. The predicted octanol–water partition coefficient (Wildman–Crippen LogP) is 1.23. The highest BCUT2D eigenvalue weighted by Gasteiger charge is 2.20. The molecule has 0 spiro atoms. The van der Waals surface area contributed by atoms with Gasteiger partial charge in [0, 0.05) is 26.2 Å². The van der Waals surface area contributed by atoms with E-state index in [9.17, 15) is 14.4 Å². The summed E-state index contributed by atoms with van der Waals surface area (Å²) < 4.78 is 2.00. The first-order chi connectivity index (χ1) is 13.9. The lowest BCUT2D eigenvalue weighted by atomic mass is 9.94. The number of likely N-dealkylation sites (N-methyl/N-ethyl adjacent to an activating group) is 1. The van der Waals surface area contributed by atoms with E-state index >= 15 is 0 Å². The second-order valence-corrected chi connectivity index (χ2v) is 7.77. The highest BCUT2D eigenvalue weighted by molar-refractivity contribution is 5.91. The molecule has 0 aliphatic heterocycles. The molecule has 0 bridgehead atoms. The maximum absolute atomic E-state index is 12.6. The van der Waals surface area contributed by atoms with Crippen molar-refractivity contribution in [2.24, 2.45) is 7.05 Å². The molecule has 156 valence electrons. The van der Waals surface area contributed by atoms with E-state index in [4.69, 9.17) is 0 Å². The van der Waals surface area contributed by atoms with Crippen molar-refractivity contribution >= 4 is 5.91 Å². The van der Waals surface area contributed by atoms with Gasteiger partial charge >= 0.3 is 5.69 Å². The number of hydrogen-bond donors (Lipinski definition) is 1. The number of nitrogens with one attached hydrogen (secondary N) is 1. The Morgan fingerprint density at radius 1 is 1.17 bits per heavy atom. The molecular weight excluding hydrogens is 370 g/mol. The van der Waals surface area contributed by atoms with Crippen LogP contribution in [0.5, 0.6) is 0 Å². The largest absolute Gasteiger partial charge is 0.351 e. The SMILES string of the molecule is Cc1ccc(-n2nc(C(=O)NCCN(C)C3CCCCC3)c(=O)n(C)c2=O)cc1. The Morgan fingerprint density at radius 2 is 1.83 bits per heavy atom. The Bertz CT molecular complexity index is 971. The molecule has 1 aromatic heterocycles. The van der Waals surface area contributed by atoms with E-state index in [1.165, 1.54) is 39.2 Å². The zero-order valence-corrected chi connectivity index (χ0v) is 17.4. The summed E-state index contributed by atoms with van der Waals surface area (Å²) in [6, 6.07) is 7.70. The van der Waals surface area contributed by atoms with Crippen LogP contribution in [0.3, 0.4) is 0 Å². The van der Waals surface area contributed by atoms with Gasteiger partial charge in [0.25, 0.3) is 11.5 Å². The number of aromatic nitrogens is 3. The van der Waals surface area contributed by atoms with Crippen molar-refractivity contribution < 1.29 is 4.79 Å². The van der Waals surface area contributed by atoms with Gasteiger partial charge in [-0.2, -0.15) is 9.78 Å². The third-order valence-electron chi connectivity index (χ3n) is 5.62. The number of hydrogen-bond acceptors (Lipinski definition) is 5. The molecule has 0 unspecified atom stereocenters. The molecule has 1 aromatic carbocycles. The second kappa shape index (κ2) is 9.17. The number of amides is 1. The Kier molecular flexibility index (Phi) is 6.64. The topological polar surface area (TPSA) is 89.2 Å². The maximum Gasteiger partial charge on any atom is 0.351 e. The molecule has 1 N–H and O–H groups in total. The summed E-state index contributed by atoms with van der Waals surface area (Å²) in [5.41, 5.74) is -0.0362. The van der Waals surface area contributed by atoms with Gasteiger partial charge in [0.2, 0.25) is 5.69 Å². The Labute approximate surface area is 170 Å². The predicted molar refractivity (Wildman–Crippen MR) is 112 cm³/mol.